The number of aromatic nitrogens is 2. The fraction of sp³-hybridized carbons (Fsp3) is 0.500. The number of carbonyl (C=O) groups is 1. The van der Waals surface area contributed by atoms with E-state index in [0.717, 1.165) is 24.5 Å². The molecule has 0 atom stereocenters. The average molecular weight is 380 g/mol. The van der Waals surface area contributed by atoms with E-state index in [1.54, 1.807) is 6.20 Å². The number of carbonyl (C=O) groups excluding carboxylic acids is 1. The smallest absolute Gasteiger partial charge is 0.231 e. The first kappa shape index (κ1) is 18.9. The molecule has 2 aliphatic heterocycles. The molecule has 1 amide bonds. The van der Waals surface area contributed by atoms with E-state index in [9.17, 15) is 4.79 Å². The van der Waals surface area contributed by atoms with Gasteiger partial charge in [0.05, 0.1) is 12.0 Å². The molecule has 0 spiro atoms. The molecule has 2 saturated heterocycles. The minimum Gasteiger partial charge on any atom is -0.381 e. The molecule has 1 aromatic carbocycles. The molecule has 0 unspecified atom stereocenters. The number of anilines is 1. The number of nitrogens with zero attached hydrogens (tertiary/aromatic N) is 3. The largest absolute Gasteiger partial charge is 0.381 e. The lowest BCUT2D eigenvalue weighted by molar-refractivity contribution is -0.130. The van der Waals surface area contributed by atoms with Crippen molar-refractivity contribution in [3.05, 3.63) is 54.0 Å². The normalized spacial score (nSPS) is 19.2. The molecule has 2 aromatic rings. The average Bonchev–Trinajstić information content (AvgIpc) is 2.79. The fourth-order valence-electron chi connectivity index (χ4n) is 4.23. The van der Waals surface area contributed by atoms with Crippen molar-refractivity contribution < 1.29 is 9.53 Å². The van der Waals surface area contributed by atoms with Gasteiger partial charge in [-0.05, 0) is 43.7 Å². The molecule has 1 aromatic heterocycles. The van der Waals surface area contributed by atoms with E-state index in [0.29, 0.717) is 38.4 Å². The summed E-state index contributed by atoms with van der Waals surface area (Å²) in [5.74, 6) is 1.66. The predicted molar refractivity (Wildman–Crippen MR) is 108 cm³/mol. The minimum absolute atomic E-state index is 0.0361. The van der Waals surface area contributed by atoms with Crippen molar-refractivity contribution >= 4 is 11.7 Å². The van der Waals surface area contributed by atoms with Crippen molar-refractivity contribution in [3.8, 4) is 0 Å². The van der Waals surface area contributed by atoms with Crippen LogP contribution in [0.15, 0.2) is 42.6 Å². The molecule has 3 heterocycles. The lowest BCUT2D eigenvalue weighted by Gasteiger charge is -2.36. The second kappa shape index (κ2) is 8.69. The Bertz CT molecular complexity index is 784. The molecule has 6 heteroatoms. The third-order valence-corrected chi connectivity index (χ3v) is 5.89. The molecule has 4 rings (SSSR count). The van der Waals surface area contributed by atoms with Gasteiger partial charge in [-0.3, -0.25) is 4.79 Å². The van der Waals surface area contributed by atoms with Crippen LogP contribution in [0.3, 0.4) is 0 Å². The highest BCUT2D eigenvalue weighted by molar-refractivity contribution is 5.88. The third-order valence-electron chi connectivity index (χ3n) is 5.89. The van der Waals surface area contributed by atoms with Gasteiger partial charge in [0.1, 0.15) is 11.6 Å². The Kier molecular flexibility index (Phi) is 5.86. The molecule has 0 saturated carbocycles. The summed E-state index contributed by atoms with van der Waals surface area (Å²) in [6.07, 6.45) is 6.88. The van der Waals surface area contributed by atoms with Crippen molar-refractivity contribution in [1.82, 2.24) is 15.3 Å². The van der Waals surface area contributed by atoms with Crippen LogP contribution in [0.4, 0.5) is 5.82 Å². The van der Waals surface area contributed by atoms with Gasteiger partial charge in [0.2, 0.25) is 5.91 Å². The van der Waals surface area contributed by atoms with Crippen molar-refractivity contribution in [1.29, 1.82) is 0 Å². The quantitative estimate of drug-likeness (QED) is 0.864. The van der Waals surface area contributed by atoms with Crippen LogP contribution in [-0.4, -0.2) is 42.2 Å². The maximum atomic E-state index is 13.2. The van der Waals surface area contributed by atoms with Gasteiger partial charge >= 0.3 is 0 Å². The maximum Gasteiger partial charge on any atom is 0.231 e. The van der Waals surface area contributed by atoms with Crippen LogP contribution in [0.1, 0.15) is 43.5 Å². The summed E-state index contributed by atoms with van der Waals surface area (Å²) in [4.78, 5) is 24.6. The van der Waals surface area contributed by atoms with Gasteiger partial charge in [0.15, 0.2) is 0 Å². The number of nitrogens with one attached hydrogen (secondary N) is 1. The van der Waals surface area contributed by atoms with E-state index in [1.807, 2.05) is 36.4 Å². The molecule has 2 fully saturated rings. The van der Waals surface area contributed by atoms with E-state index in [4.69, 9.17) is 4.74 Å². The lowest BCUT2D eigenvalue weighted by atomic mass is 9.73. The second-order valence-corrected chi connectivity index (χ2v) is 7.62. The summed E-state index contributed by atoms with van der Waals surface area (Å²) in [7, 11) is 0. The summed E-state index contributed by atoms with van der Waals surface area (Å²) in [6.45, 7) is 3.63. The molecule has 0 radical (unpaired) electrons. The van der Waals surface area contributed by atoms with Gasteiger partial charge in [-0.15, -0.1) is 0 Å². The van der Waals surface area contributed by atoms with E-state index in [-0.39, 0.29) is 5.91 Å². The highest BCUT2D eigenvalue weighted by atomic mass is 16.5. The van der Waals surface area contributed by atoms with Gasteiger partial charge in [0.25, 0.3) is 0 Å². The molecule has 28 heavy (non-hydrogen) atoms. The van der Waals surface area contributed by atoms with Crippen LogP contribution in [0, 0.1) is 0 Å². The van der Waals surface area contributed by atoms with Gasteiger partial charge < -0.3 is 15.0 Å². The Morgan fingerprint density at radius 3 is 2.57 bits per heavy atom. The van der Waals surface area contributed by atoms with E-state index >= 15 is 0 Å². The van der Waals surface area contributed by atoms with E-state index in [2.05, 4.69) is 20.2 Å². The summed E-state index contributed by atoms with van der Waals surface area (Å²) in [6, 6.07) is 12.0. The monoisotopic (exact) mass is 380 g/mol. The van der Waals surface area contributed by atoms with Gasteiger partial charge in [-0.2, -0.15) is 0 Å². The summed E-state index contributed by atoms with van der Waals surface area (Å²) < 4.78 is 5.53. The molecule has 148 valence electrons. The number of hydrogen-bond acceptors (Lipinski definition) is 5. The van der Waals surface area contributed by atoms with Crippen LogP contribution in [0.5, 0.6) is 0 Å². The predicted octanol–water partition coefficient (Wildman–Crippen LogP) is 2.83. The molecular weight excluding hydrogens is 352 g/mol. The number of piperidine rings is 1. The number of ether oxygens (including phenoxy) is 1. The first-order valence-corrected chi connectivity index (χ1v) is 10.3. The Labute approximate surface area is 166 Å². The summed E-state index contributed by atoms with van der Waals surface area (Å²) >= 11 is 0. The first-order chi connectivity index (χ1) is 13.8. The number of benzene rings is 1. The van der Waals surface area contributed by atoms with Gasteiger partial charge in [0, 0.05) is 32.5 Å². The Balaban J connectivity index is 1.47. The highest BCUT2D eigenvalue weighted by Crippen LogP contribution is 2.35. The van der Waals surface area contributed by atoms with E-state index in [1.165, 1.54) is 19.3 Å². The van der Waals surface area contributed by atoms with Crippen molar-refractivity contribution in [2.45, 2.75) is 44.1 Å². The molecule has 2 aliphatic rings. The van der Waals surface area contributed by atoms with Crippen LogP contribution in [-0.2, 0) is 21.5 Å². The Morgan fingerprint density at radius 2 is 1.82 bits per heavy atom. The topological polar surface area (TPSA) is 67.4 Å². The van der Waals surface area contributed by atoms with Gasteiger partial charge in [-0.1, -0.05) is 30.3 Å². The molecule has 6 nitrogen and oxygen atoms in total. The summed E-state index contributed by atoms with van der Waals surface area (Å²) in [5, 5.41) is 3.10. The minimum atomic E-state index is -0.538. The molecule has 0 aliphatic carbocycles. The SMILES string of the molecule is O=C(NCc1nccc(N2CCCCC2)n1)C1(c2ccccc2)CCOCC1. The Hall–Kier alpha value is -2.47. The van der Waals surface area contributed by atoms with Crippen molar-refractivity contribution in [2.24, 2.45) is 0 Å². The van der Waals surface area contributed by atoms with Crippen LogP contribution >= 0.6 is 0 Å². The lowest BCUT2D eigenvalue weighted by Crippen LogP contribution is -2.48. The van der Waals surface area contributed by atoms with Crippen LogP contribution < -0.4 is 10.2 Å². The number of amides is 1. The fourth-order valence-corrected chi connectivity index (χ4v) is 4.23. The zero-order chi connectivity index (χ0) is 19.2. The zero-order valence-electron chi connectivity index (χ0n) is 16.3. The van der Waals surface area contributed by atoms with E-state index < -0.39 is 5.41 Å². The van der Waals surface area contributed by atoms with Crippen LogP contribution in [0.2, 0.25) is 0 Å². The maximum absolute atomic E-state index is 13.2. The summed E-state index contributed by atoms with van der Waals surface area (Å²) in [5.41, 5.74) is 0.517. The number of hydrogen-bond donors (Lipinski definition) is 1. The Morgan fingerprint density at radius 1 is 1.07 bits per heavy atom. The molecule has 1 N–H and O–H groups in total. The molecular formula is C22H28N4O2. The van der Waals surface area contributed by atoms with Crippen molar-refractivity contribution in [3.63, 3.8) is 0 Å². The number of rotatable bonds is 5. The highest BCUT2D eigenvalue weighted by Gasteiger charge is 2.41. The second-order valence-electron chi connectivity index (χ2n) is 7.62. The standard InChI is InChI=1S/C22H28N4O2/c27-21(22(10-15-28-16-11-22)18-7-3-1-4-8-18)24-17-19-23-12-9-20(25-19)26-13-5-2-6-14-26/h1,3-4,7-9,12H,2,5-6,10-11,13-17H2,(H,24,27). The molecule has 0 bridgehead atoms. The zero-order valence-corrected chi connectivity index (χ0v) is 16.3. The van der Waals surface area contributed by atoms with Crippen molar-refractivity contribution in [2.75, 3.05) is 31.2 Å². The van der Waals surface area contributed by atoms with Crippen LogP contribution in [0.25, 0.3) is 0 Å². The first-order valence-electron chi connectivity index (χ1n) is 10.3. The third kappa shape index (κ3) is 4.02. The van der Waals surface area contributed by atoms with Gasteiger partial charge in [-0.25, -0.2) is 9.97 Å².